The first-order chi connectivity index (χ1) is 7.91. The SMILES string of the molecule is Cn1ccnc1C(=O)N1CCCC1C(C)(C)O. The number of hydrogen-bond donors (Lipinski definition) is 1. The molecule has 1 saturated heterocycles. The number of likely N-dealkylation sites (tertiary alicyclic amines) is 1. The quantitative estimate of drug-likeness (QED) is 0.827. The third-order valence-electron chi connectivity index (χ3n) is 3.34. The standard InChI is InChI=1S/C12H19N3O2/c1-12(2,17)9-5-4-7-15(9)11(16)10-13-6-8-14(10)3/h6,8-9,17H,4-5,7H2,1-3H3. The molecule has 2 heterocycles. The van der Waals surface area contributed by atoms with Crippen molar-refractivity contribution in [3.63, 3.8) is 0 Å². The number of carbonyl (C=O) groups is 1. The van der Waals surface area contributed by atoms with Gasteiger partial charge in [0, 0.05) is 26.0 Å². The van der Waals surface area contributed by atoms with Gasteiger partial charge in [0.1, 0.15) is 0 Å². The van der Waals surface area contributed by atoms with Crippen molar-refractivity contribution in [3.8, 4) is 0 Å². The van der Waals surface area contributed by atoms with Gasteiger partial charge in [0.15, 0.2) is 5.82 Å². The molecule has 17 heavy (non-hydrogen) atoms. The first kappa shape index (κ1) is 12.1. The van der Waals surface area contributed by atoms with Crippen molar-refractivity contribution in [2.75, 3.05) is 6.54 Å². The van der Waals surface area contributed by atoms with Crippen LogP contribution >= 0.6 is 0 Å². The van der Waals surface area contributed by atoms with E-state index in [0.717, 1.165) is 12.8 Å². The van der Waals surface area contributed by atoms with Crippen LogP contribution in [-0.2, 0) is 7.05 Å². The monoisotopic (exact) mass is 237 g/mol. The molecule has 1 atom stereocenters. The largest absolute Gasteiger partial charge is 0.388 e. The minimum atomic E-state index is -0.864. The Morgan fingerprint density at radius 1 is 1.59 bits per heavy atom. The minimum absolute atomic E-state index is 0.0953. The zero-order valence-electron chi connectivity index (χ0n) is 10.6. The van der Waals surface area contributed by atoms with Crippen molar-refractivity contribution in [3.05, 3.63) is 18.2 Å². The molecule has 1 aliphatic heterocycles. The average molecular weight is 237 g/mol. The lowest BCUT2D eigenvalue weighted by Crippen LogP contribution is -2.48. The van der Waals surface area contributed by atoms with Gasteiger partial charge in [-0.25, -0.2) is 4.98 Å². The van der Waals surface area contributed by atoms with Crippen LogP contribution in [0.25, 0.3) is 0 Å². The minimum Gasteiger partial charge on any atom is -0.388 e. The summed E-state index contributed by atoms with van der Waals surface area (Å²) >= 11 is 0. The number of nitrogens with zero attached hydrogens (tertiary/aromatic N) is 3. The Balaban J connectivity index is 2.23. The van der Waals surface area contributed by atoms with E-state index in [1.807, 2.05) is 0 Å². The average Bonchev–Trinajstić information content (AvgIpc) is 2.82. The number of hydrogen-bond acceptors (Lipinski definition) is 3. The number of carbonyl (C=O) groups excluding carboxylic acids is 1. The summed E-state index contributed by atoms with van der Waals surface area (Å²) in [6.07, 6.45) is 5.15. The Kier molecular flexibility index (Phi) is 2.95. The second-order valence-electron chi connectivity index (χ2n) is 5.17. The van der Waals surface area contributed by atoms with Crippen LogP contribution in [-0.4, -0.2) is 43.7 Å². The van der Waals surface area contributed by atoms with Crippen LogP contribution in [0, 0.1) is 0 Å². The Hall–Kier alpha value is -1.36. The first-order valence-corrected chi connectivity index (χ1v) is 5.92. The first-order valence-electron chi connectivity index (χ1n) is 5.92. The van der Waals surface area contributed by atoms with Gasteiger partial charge in [-0.2, -0.15) is 0 Å². The highest BCUT2D eigenvalue weighted by Crippen LogP contribution is 2.27. The van der Waals surface area contributed by atoms with Gasteiger partial charge in [0.25, 0.3) is 5.91 Å². The Morgan fingerprint density at radius 3 is 2.82 bits per heavy atom. The third kappa shape index (κ3) is 2.20. The molecule has 0 aromatic carbocycles. The van der Waals surface area contributed by atoms with E-state index in [9.17, 15) is 9.90 Å². The van der Waals surface area contributed by atoms with E-state index in [4.69, 9.17) is 0 Å². The summed E-state index contributed by atoms with van der Waals surface area (Å²) in [5, 5.41) is 10.1. The zero-order valence-corrected chi connectivity index (χ0v) is 10.6. The fourth-order valence-electron chi connectivity index (χ4n) is 2.44. The molecule has 5 heteroatoms. The van der Waals surface area contributed by atoms with E-state index >= 15 is 0 Å². The van der Waals surface area contributed by atoms with Crippen LogP contribution in [0.4, 0.5) is 0 Å². The summed E-state index contributed by atoms with van der Waals surface area (Å²) in [5.74, 6) is 0.336. The third-order valence-corrected chi connectivity index (χ3v) is 3.34. The van der Waals surface area contributed by atoms with Gasteiger partial charge in [-0.3, -0.25) is 4.79 Å². The molecule has 0 bridgehead atoms. The molecular formula is C12H19N3O2. The molecule has 1 amide bonds. The van der Waals surface area contributed by atoms with E-state index in [0.29, 0.717) is 12.4 Å². The van der Waals surface area contributed by atoms with Crippen molar-refractivity contribution in [2.24, 2.45) is 7.05 Å². The van der Waals surface area contributed by atoms with Crippen LogP contribution in [0.1, 0.15) is 37.3 Å². The number of amides is 1. The van der Waals surface area contributed by atoms with Gasteiger partial charge in [-0.05, 0) is 26.7 Å². The summed E-state index contributed by atoms with van der Waals surface area (Å²) in [7, 11) is 1.80. The van der Waals surface area contributed by atoms with Crippen molar-refractivity contribution >= 4 is 5.91 Å². The summed E-state index contributed by atoms with van der Waals surface area (Å²) < 4.78 is 1.71. The second kappa shape index (κ2) is 4.14. The lowest BCUT2D eigenvalue weighted by atomic mass is 9.96. The molecule has 5 nitrogen and oxygen atoms in total. The Morgan fingerprint density at radius 2 is 2.29 bits per heavy atom. The highest BCUT2D eigenvalue weighted by Gasteiger charge is 2.39. The van der Waals surface area contributed by atoms with Crippen LogP contribution in [0.3, 0.4) is 0 Å². The molecule has 1 unspecified atom stereocenters. The maximum absolute atomic E-state index is 12.3. The topological polar surface area (TPSA) is 58.4 Å². The molecule has 0 aliphatic carbocycles. The summed E-state index contributed by atoms with van der Waals surface area (Å²) in [4.78, 5) is 18.1. The number of rotatable bonds is 2. The van der Waals surface area contributed by atoms with E-state index in [-0.39, 0.29) is 11.9 Å². The molecule has 0 spiro atoms. The maximum atomic E-state index is 12.3. The molecule has 0 radical (unpaired) electrons. The van der Waals surface area contributed by atoms with Gasteiger partial charge in [-0.1, -0.05) is 0 Å². The number of aryl methyl sites for hydroxylation is 1. The predicted octanol–water partition coefficient (Wildman–Crippen LogP) is 0.796. The van der Waals surface area contributed by atoms with Crippen molar-refractivity contribution in [1.82, 2.24) is 14.5 Å². The molecular weight excluding hydrogens is 218 g/mol. The lowest BCUT2D eigenvalue weighted by molar-refractivity contribution is -0.000250. The number of imidazole rings is 1. The molecule has 1 aliphatic rings. The van der Waals surface area contributed by atoms with Gasteiger partial charge in [0.05, 0.1) is 11.6 Å². The molecule has 1 aromatic heterocycles. The highest BCUT2D eigenvalue weighted by molar-refractivity contribution is 5.91. The van der Waals surface area contributed by atoms with E-state index < -0.39 is 5.60 Å². The molecule has 0 saturated carbocycles. The Bertz CT molecular complexity index is 420. The lowest BCUT2D eigenvalue weighted by Gasteiger charge is -2.33. The van der Waals surface area contributed by atoms with Gasteiger partial charge in [0.2, 0.25) is 0 Å². The number of aliphatic hydroxyl groups is 1. The summed E-state index contributed by atoms with van der Waals surface area (Å²) in [5.41, 5.74) is -0.864. The summed E-state index contributed by atoms with van der Waals surface area (Å²) in [6, 6.07) is -0.119. The smallest absolute Gasteiger partial charge is 0.290 e. The van der Waals surface area contributed by atoms with Crippen LogP contribution in [0.2, 0.25) is 0 Å². The number of aromatic nitrogens is 2. The van der Waals surface area contributed by atoms with Gasteiger partial charge >= 0.3 is 0 Å². The van der Waals surface area contributed by atoms with Crippen molar-refractivity contribution < 1.29 is 9.90 Å². The van der Waals surface area contributed by atoms with Crippen LogP contribution < -0.4 is 0 Å². The molecule has 1 aromatic rings. The van der Waals surface area contributed by atoms with E-state index in [1.54, 1.807) is 42.8 Å². The zero-order chi connectivity index (χ0) is 12.6. The van der Waals surface area contributed by atoms with Crippen molar-refractivity contribution in [2.45, 2.75) is 38.3 Å². The van der Waals surface area contributed by atoms with Crippen LogP contribution in [0.5, 0.6) is 0 Å². The molecule has 1 N–H and O–H groups in total. The highest BCUT2D eigenvalue weighted by atomic mass is 16.3. The second-order valence-corrected chi connectivity index (χ2v) is 5.17. The maximum Gasteiger partial charge on any atom is 0.290 e. The molecule has 94 valence electrons. The fourth-order valence-corrected chi connectivity index (χ4v) is 2.44. The molecule has 1 fully saturated rings. The normalized spacial score (nSPS) is 20.9. The van der Waals surface area contributed by atoms with Crippen molar-refractivity contribution in [1.29, 1.82) is 0 Å². The van der Waals surface area contributed by atoms with Crippen LogP contribution in [0.15, 0.2) is 12.4 Å². The predicted molar refractivity (Wildman–Crippen MR) is 63.6 cm³/mol. The summed E-state index contributed by atoms with van der Waals surface area (Å²) in [6.45, 7) is 4.20. The van der Waals surface area contributed by atoms with Gasteiger partial charge in [-0.15, -0.1) is 0 Å². The van der Waals surface area contributed by atoms with Gasteiger partial charge < -0.3 is 14.6 Å². The fraction of sp³-hybridized carbons (Fsp3) is 0.667. The molecule has 2 rings (SSSR count). The van der Waals surface area contributed by atoms with E-state index in [2.05, 4.69) is 4.98 Å². The Labute approximate surface area is 101 Å². The van der Waals surface area contributed by atoms with E-state index in [1.165, 1.54) is 0 Å².